The highest BCUT2D eigenvalue weighted by atomic mass is 32.1. The molecule has 0 heterocycles. The van der Waals surface area contributed by atoms with Crippen LogP contribution in [0.5, 0.6) is 0 Å². The van der Waals surface area contributed by atoms with Gasteiger partial charge < -0.3 is 15.9 Å². The molecule has 1 rings (SSSR count). The van der Waals surface area contributed by atoms with Crippen LogP contribution in [-0.4, -0.2) is 28.6 Å². The lowest BCUT2D eigenvalue weighted by molar-refractivity contribution is 0.0337. The van der Waals surface area contributed by atoms with E-state index in [2.05, 4.69) is 12.6 Å². The summed E-state index contributed by atoms with van der Waals surface area (Å²) in [5.74, 6) is 0.242. The molecule has 0 aromatic heterocycles. The van der Waals surface area contributed by atoms with E-state index < -0.39 is 12.2 Å². The molecule has 0 aliphatic carbocycles. The van der Waals surface area contributed by atoms with Crippen molar-refractivity contribution in [3.05, 3.63) is 35.4 Å². The van der Waals surface area contributed by atoms with Gasteiger partial charge >= 0.3 is 0 Å². The maximum Gasteiger partial charge on any atom is 0.106 e. The Labute approximate surface area is 95.3 Å². The van der Waals surface area contributed by atoms with Gasteiger partial charge in [0, 0.05) is 5.75 Å². The molecular formula is C11H17NO2S. The average Bonchev–Trinajstić information content (AvgIpc) is 2.28. The van der Waals surface area contributed by atoms with Crippen molar-refractivity contribution in [2.75, 3.05) is 12.3 Å². The molecule has 0 spiro atoms. The van der Waals surface area contributed by atoms with E-state index in [-0.39, 0.29) is 5.75 Å². The summed E-state index contributed by atoms with van der Waals surface area (Å²) >= 11 is 3.93. The molecule has 0 bridgehead atoms. The van der Waals surface area contributed by atoms with Crippen molar-refractivity contribution in [3.63, 3.8) is 0 Å². The van der Waals surface area contributed by atoms with Crippen LogP contribution in [0.3, 0.4) is 0 Å². The van der Waals surface area contributed by atoms with Gasteiger partial charge in [-0.3, -0.25) is 0 Å². The summed E-state index contributed by atoms with van der Waals surface area (Å²) in [5.41, 5.74) is 7.27. The second-order valence-electron chi connectivity index (χ2n) is 3.48. The smallest absolute Gasteiger partial charge is 0.106 e. The summed E-state index contributed by atoms with van der Waals surface area (Å²) in [6, 6.07) is 7.44. The van der Waals surface area contributed by atoms with Crippen LogP contribution in [0.2, 0.25) is 0 Å². The molecule has 2 atom stereocenters. The summed E-state index contributed by atoms with van der Waals surface area (Å²) in [6.07, 6.45) is -0.867. The second-order valence-corrected chi connectivity index (χ2v) is 3.84. The molecule has 0 aliphatic heterocycles. The molecule has 15 heavy (non-hydrogen) atoms. The minimum absolute atomic E-state index is 0.242. The molecule has 0 fully saturated rings. The molecule has 1 aromatic rings. The Bertz CT molecular complexity index is 289. The summed E-state index contributed by atoms with van der Waals surface area (Å²) in [6.45, 7) is 0.612. The van der Waals surface area contributed by atoms with Gasteiger partial charge in [0.2, 0.25) is 0 Å². The quantitative estimate of drug-likeness (QED) is 0.554. The Morgan fingerprint density at radius 2 is 1.80 bits per heavy atom. The maximum absolute atomic E-state index is 9.69. The summed E-state index contributed by atoms with van der Waals surface area (Å²) < 4.78 is 0. The van der Waals surface area contributed by atoms with Crippen LogP contribution in [0.25, 0.3) is 0 Å². The highest BCUT2D eigenvalue weighted by molar-refractivity contribution is 7.80. The van der Waals surface area contributed by atoms with Crippen LogP contribution in [0.1, 0.15) is 17.2 Å². The molecular weight excluding hydrogens is 210 g/mol. The number of nitrogens with two attached hydrogens (primary N) is 1. The highest BCUT2D eigenvalue weighted by Crippen LogP contribution is 2.18. The number of rotatable bonds is 5. The van der Waals surface area contributed by atoms with Gasteiger partial charge in [-0.1, -0.05) is 24.3 Å². The van der Waals surface area contributed by atoms with Crippen LogP contribution in [-0.2, 0) is 6.42 Å². The molecule has 2 unspecified atom stereocenters. The molecule has 0 aliphatic rings. The van der Waals surface area contributed by atoms with Gasteiger partial charge in [-0.2, -0.15) is 12.6 Å². The van der Waals surface area contributed by atoms with Crippen molar-refractivity contribution in [3.8, 4) is 0 Å². The Morgan fingerprint density at radius 3 is 2.27 bits per heavy atom. The van der Waals surface area contributed by atoms with Crippen LogP contribution in [0.15, 0.2) is 24.3 Å². The van der Waals surface area contributed by atoms with Gasteiger partial charge in [-0.15, -0.1) is 0 Å². The molecule has 4 heteroatoms. The summed E-state index contributed by atoms with van der Waals surface area (Å²) in [5, 5.41) is 19.1. The Hall–Kier alpha value is -0.550. The molecule has 3 nitrogen and oxygen atoms in total. The fourth-order valence-electron chi connectivity index (χ4n) is 1.37. The van der Waals surface area contributed by atoms with Gasteiger partial charge in [0.15, 0.2) is 0 Å². The predicted octanol–water partition coefficient (Wildman–Crippen LogP) is 0.512. The number of hydrogen-bond acceptors (Lipinski definition) is 4. The molecule has 1 aromatic carbocycles. The third kappa shape index (κ3) is 3.50. The molecule has 0 saturated carbocycles. The first-order valence-electron chi connectivity index (χ1n) is 4.95. The van der Waals surface area contributed by atoms with E-state index in [1.165, 1.54) is 0 Å². The van der Waals surface area contributed by atoms with Crippen LogP contribution in [0, 0.1) is 0 Å². The van der Waals surface area contributed by atoms with Crippen LogP contribution >= 0.6 is 12.6 Å². The molecule has 0 amide bonds. The first-order valence-corrected chi connectivity index (χ1v) is 5.58. The van der Waals surface area contributed by atoms with Crippen molar-refractivity contribution in [1.82, 2.24) is 0 Å². The van der Waals surface area contributed by atoms with E-state index in [0.29, 0.717) is 12.1 Å². The lowest BCUT2D eigenvalue weighted by Gasteiger charge is -2.16. The van der Waals surface area contributed by atoms with E-state index in [0.717, 1.165) is 12.0 Å². The highest BCUT2D eigenvalue weighted by Gasteiger charge is 2.16. The predicted molar refractivity (Wildman–Crippen MR) is 64.0 cm³/mol. The van der Waals surface area contributed by atoms with Crippen molar-refractivity contribution in [2.45, 2.75) is 18.6 Å². The standard InChI is InChI=1S/C11H17NO2S/c12-6-5-8-1-3-9(4-2-8)11(14)10(13)7-15/h1-4,10-11,13-15H,5-7,12H2. The second kappa shape index (κ2) is 6.12. The Kier molecular flexibility index (Phi) is 5.11. The maximum atomic E-state index is 9.69. The first-order chi connectivity index (χ1) is 7.19. The van der Waals surface area contributed by atoms with Crippen molar-refractivity contribution < 1.29 is 10.2 Å². The molecule has 4 N–H and O–H groups in total. The number of hydrogen-bond donors (Lipinski definition) is 4. The molecule has 84 valence electrons. The average molecular weight is 227 g/mol. The van der Waals surface area contributed by atoms with Crippen molar-refractivity contribution in [1.29, 1.82) is 0 Å². The third-order valence-corrected chi connectivity index (χ3v) is 2.68. The first kappa shape index (κ1) is 12.5. The zero-order chi connectivity index (χ0) is 11.3. The number of aliphatic hydroxyl groups excluding tert-OH is 2. The summed E-state index contributed by atoms with van der Waals surface area (Å²) in [4.78, 5) is 0. The van der Waals surface area contributed by atoms with E-state index in [1.54, 1.807) is 0 Å². The SMILES string of the molecule is NCCc1ccc(C(O)C(O)CS)cc1. The minimum Gasteiger partial charge on any atom is -0.389 e. The number of aliphatic hydroxyl groups is 2. The van der Waals surface area contributed by atoms with Gasteiger partial charge in [0.25, 0.3) is 0 Å². The van der Waals surface area contributed by atoms with Crippen molar-refractivity contribution in [2.24, 2.45) is 5.73 Å². The van der Waals surface area contributed by atoms with E-state index in [9.17, 15) is 10.2 Å². The normalized spacial score (nSPS) is 14.9. The van der Waals surface area contributed by atoms with E-state index >= 15 is 0 Å². The number of thiol groups is 1. The minimum atomic E-state index is -0.866. The lowest BCUT2D eigenvalue weighted by atomic mass is 10.0. The Balaban J connectivity index is 2.70. The number of benzene rings is 1. The fourth-order valence-corrected chi connectivity index (χ4v) is 1.57. The van der Waals surface area contributed by atoms with Gasteiger partial charge in [-0.25, -0.2) is 0 Å². The largest absolute Gasteiger partial charge is 0.389 e. The van der Waals surface area contributed by atoms with Gasteiger partial charge in [0.1, 0.15) is 6.10 Å². The molecule has 0 radical (unpaired) electrons. The lowest BCUT2D eigenvalue weighted by Crippen LogP contribution is -2.19. The summed E-state index contributed by atoms with van der Waals surface area (Å²) in [7, 11) is 0. The van der Waals surface area contributed by atoms with Gasteiger partial charge in [-0.05, 0) is 24.1 Å². The van der Waals surface area contributed by atoms with E-state index in [1.807, 2.05) is 24.3 Å². The zero-order valence-electron chi connectivity index (χ0n) is 8.50. The Morgan fingerprint density at radius 1 is 1.20 bits per heavy atom. The topological polar surface area (TPSA) is 66.5 Å². The van der Waals surface area contributed by atoms with Crippen LogP contribution < -0.4 is 5.73 Å². The monoisotopic (exact) mass is 227 g/mol. The third-order valence-electron chi connectivity index (χ3n) is 2.31. The van der Waals surface area contributed by atoms with E-state index in [4.69, 9.17) is 5.73 Å². The zero-order valence-corrected chi connectivity index (χ0v) is 9.40. The van der Waals surface area contributed by atoms with Crippen LogP contribution in [0.4, 0.5) is 0 Å². The fraction of sp³-hybridized carbons (Fsp3) is 0.455. The molecule has 0 saturated heterocycles. The van der Waals surface area contributed by atoms with Crippen molar-refractivity contribution >= 4 is 12.6 Å². The van der Waals surface area contributed by atoms with Gasteiger partial charge in [0.05, 0.1) is 6.10 Å².